The van der Waals surface area contributed by atoms with Gasteiger partial charge in [-0.2, -0.15) is 50.1 Å². The molecule has 0 unspecified atom stereocenters. The molecule has 0 fully saturated rings. The molecule has 4 aromatic heterocycles. The van der Waals surface area contributed by atoms with Crippen molar-refractivity contribution in [1.82, 2.24) is 44.3 Å². The zero-order valence-electron chi connectivity index (χ0n) is 30.1. The number of azo groups is 1. The molecule has 5 heterocycles. The van der Waals surface area contributed by atoms with E-state index in [2.05, 4.69) is 56.1 Å². The minimum Gasteiger partial charge on any atom is -0.467 e. The Balaban J connectivity index is 1.20. The zero-order valence-corrected chi connectivity index (χ0v) is 30.1. The van der Waals surface area contributed by atoms with E-state index < -0.39 is 18.4 Å². The van der Waals surface area contributed by atoms with E-state index in [9.17, 15) is 14.7 Å². The summed E-state index contributed by atoms with van der Waals surface area (Å²) in [4.78, 5) is 38.2. The lowest BCUT2D eigenvalue weighted by atomic mass is 10.2. The van der Waals surface area contributed by atoms with E-state index in [1.165, 1.54) is 40.7 Å². The van der Waals surface area contributed by atoms with E-state index in [0.29, 0.717) is 22.8 Å². The summed E-state index contributed by atoms with van der Waals surface area (Å²) >= 11 is 0. The molecule has 56 heavy (non-hydrogen) atoms. The number of nitrogens with one attached hydrogen (secondary N) is 2. The third kappa shape index (κ3) is 6.69. The molecule has 7 rings (SSSR count). The van der Waals surface area contributed by atoms with E-state index in [1.807, 2.05) is 24.3 Å². The molecule has 1 aliphatic heterocycles. The van der Waals surface area contributed by atoms with Gasteiger partial charge in [-0.05, 0) is 38.1 Å². The number of rotatable bonds is 12. The fourth-order valence-corrected chi connectivity index (χ4v) is 5.39. The number of nitrogens with two attached hydrogens (primary N) is 1. The van der Waals surface area contributed by atoms with Crippen LogP contribution in [0.5, 0.6) is 6.01 Å². The summed E-state index contributed by atoms with van der Waals surface area (Å²) in [7, 11) is 2.59. The number of esters is 1. The van der Waals surface area contributed by atoms with Crippen molar-refractivity contribution in [1.29, 1.82) is 5.41 Å². The Morgan fingerprint density at radius 3 is 2.18 bits per heavy atom. The van der Waals surface area contributed by atoms with Crippen LogP contribution in [0, 0.1) is 12.3 Å². The molecule has 0 aliphatic carbocycles. The number of aryl methyl sites for hydroxylation is 1. The summed E-state index contributed by atoms with van der Waals surface area (Å²) < 4.78 is 14.3. The molecular weight excluding hydrogens is 726 g/mol. The van der Waals surface area contributed by atoms with Gasteiger partial charge in [0.1, 0.15) is 12.2 Å². The minimum absolute atomic E-state index is 0.0262. The predicted octanol–water partition coefficient (Wildman–Crippen LogP) is 3.35. The van der Waals surface area contributed by atoms with Crippen molar-refractivity contribution in [3.05, 3.63) is 89.9 Å². The summed E-state index contributed by atoms with van der Waals surface area (Å²) in [5.74, 6) is -1.52. The number of ketones is 1. The van der Waals surface area contributed by atoms with Gasteiger partial charge < -0.3 is 20.3 Å². The summed E-state index contributed by atoms with van der Waals surface area (Å²) in [6, 6.07) is 17.8. The smallest absolute Gasteiger partial charge is 0.343 e. The highest BCUT2D eigenvalue weighted by molar-refractivity contribution is 6.71. The highest BCUT2D eigenvalue weighted by atomic mass is 16.5. The number of para-hydroxylation sites is 2. The molecule has 1 aliphatic rings. The Kier molecular flexibility index (Phi) is 9.84. The van der Waals surface area contributed by atoms with Crippen molar-refractivity contribution >= 4 is 58.1 Å². The van der Waals surface area contributed by atoms with Crippen LogP contribution < -0.4 is 20.9 Å². The number of Topliss-reactive ketones (excluding diaryl/α,β-unsaturated/α-hetero) is 1. The fraction of sp³-hybridized carbons (Fsp3) is 0.147. The number of benzene rings is 2. The number of hydrogen-bond acceptors (Lipinski definition) is 18. The maximum atomic E-state index is 12.6. The van der Waals surface area contributed by atoms with Gasteiger partial charge in [-0.15, -0.1) is 10.2 Å². The lowest BCUT2D eigenvalue weighted by Crippen LogP contribution is -2.29. The first kappa shape index (κ1) is 36.4. The van der Waals surface area contributed by atoms with Crippen molar-refractivity contribution in [3.8, 4) is 23.3 Å². The Hall–Kier alpha value is -8.01. The van der Waals surface area contributed by atoms with Crippen molar-refractivity contribution in [2.75, 3.05) is 37.0 Å². The summed E-state index contributed by atoms with van der Waals surface area (Å²) in [6.07, 6.45) is 2.64. The molecule has 0 saturated carbocycles. The summed E-state index contributed by atoms with van der Waals surface area (Å²) in [6.45, 7) is 2.50. The first-order chi connectivity index (χ1) is 27.1. The molecule has 0 saturated heterocycles. The number of aromatic nitrogens is 9. The number of hydrazone groups is 2. The van der Waals surface area contributed by atoms with Crippen molar-refractivity contribution in [2.45, 2.75) is 13.8 Å². The van der Waals surface area contributed by atoms with Crippen LogP contribution in [0.2, 0.25) is 0 Å². The molecule has 282 valence electrons. The van der Waals surface area contributed by atoms with Gasteiger partial charge in [-0.3, -0.25) is 15.6 Å². The van der Waals surface area contributed by atoms with Gasteiger partial charge in [0.15, 0.2) is 40.5 Å². The lowest BCUT2D eigenvalue weighted by molar-refractivity contribution is 0.0601. The minimum atomic E-state index is -0.750. The van der Waals surface area contributed by atoms with Crippen LogP contribution in [0.1, 0.15) is 33.3 Å². The standard InChI is InChI=1S/C34H31N17O5/c1-18-25(42-44-29-22(24(53)17-52)15-37-48(29)20-11-7-5-8-12-20)27(35)50(46-18)32-39-33(41-34(40-32)56-4)51-28(36)26(19(2)47-51)43-45-30-23(31(54)55-3)16-38-49(30)21-13-9-6-10-14-21/h5-16,35,44,52H,17,36H2,1-4H3/b35-27?,42-25-,45-43?. The van der Waals surface area contributed by atoms with Gasteiger partial charge in [0.05, 0.1) is 55.0 Å². The van der Waals surface area contributed by atoms with Crippen molar-refractivity contribution in [3.63, 3.8) is 0 Å². The first-order valence-corrected chi connectivity index (χ1v) is 16.5. The highest BCUT2D eigenvalue weighted by Crippen LogP contribution is 2.33. The largest absolute Gasteiger partial charge is 0.467 e. The predicted molar refractivity (Wildman–Crippen MR) is 201 cm³/mol. The fourth-order valence-electron chi connectivity index (χ4n) is 5.39. The molecule has 0 radical (unpaired) electrons. The molecule has 0 bridgehead atoms. The molecular formula is C34H31N17O5. The van der Waals surface area contributed by atoms with Gasteiger partial charge >= 0.3 is 12.0 Å². The average Bonchev–Trinajstić information content (AvgIpc) is 3.99. The highest BCUT2D eigenvalue weighted by Gasteiger charge is 2.31. The van der Waals surface area contributed by atoms with Crippen molar-refractivity contribution < 1.29 is 24.2 Å². The monoisotopic (exact) mass is 757 g/mol. The second-order valence-corrected chi connectivity index (χ2v) is 11.6. The van der Waals surface area contributed by atoms with Crippen LogP contribution in [-0.2, 0) is 4.74 Å². The normalized spacial score (nSPS) is 13.4. The third-order valence-corrected chi connectivity index (χ3v) is 8.13. The van der Waals surface area contributed by atoms with E-state index in [4.69, 9.17) is 20.6 Å². The Morgan fingerprint density at radius 2 is 1.52 bits per heavy atom. The van der Waals surface area contributed by atoms with Gasteiger partial charge in [-0.1, -0.05) is 36.4 Å². The maximum Gasteiger partial charge on any atom is 0.343 e. The Labute approximate surface area is 316 Å². The number of nitrogen functional groups attached to an aromatic ring is 1. The molecule has 5 N–H and O–H groups in total. The number of amidine groups is 1. The maximum absolute atomic E-state index is 12.6. The van der Waals surface area contributed by atoms with E-state index in [-0.39, 0.29) is 63.7 Å². The number of carbonyl (C=O) groups is 2. The topological polar surface area (TPSA) is 280 Å². The van der Waals surface area contributed by atoms with Crippen LogP contribution in [-0.4, -0.2) is 99.2 Å². The average molecular weight is 758 g/mol. The number of methoxy groups -OCH3 is 2. The Bertz CT molecular complexity index is 2570. The molecule has 2 aromatic carbocycles. The third-order valence-electron chi connectivity index (χ3n) is 8.13. The molecule has 0 atom stereocenters. The number of nitrogens with zero attached hydrogens (tertiary/aromatic N) is 14. The summed E-state index contributed by atoms with van der Waals surface area (Å²) in [5.41, 5.74) is 11.6. The Morgan fingerprint density at radius 1 is 0.875 bits per heavy atom. The molecule has 0 spiro atoms. The van der Waals surface area contributed by atoms with Gasteiger partial charge in [0, 0.05) is 0 Å². The number of aliphatic hydroxyl groups excluding tert-OH is 1. The SMILES string of the molecule is COC(=O)c1cnn(-c2ccccc2)c1N=Nc1c(C)nn(-c2nc(OC)nc(N3N=C(C)/C(=N/Nc4c(C(=O)CO)cnn4-c4ccccc4)C3=N)n2)c1N. The molecule has 0 amide bonds. The summed E-state index contributed by atoms with van der Waals surface area (Å²) in [5, 5.41) is 50.2. The van der Waals surface area contributed by atoms with Crippen LogP contribution in [0.15, 0.2) is 93.5 Å². The van der Waals surface area contributed by atoms with Gasteiger partial charge in [-0.25, -0.2) is 14.2 Å². The van der Waals surface area contributed by atoms with Crippen LogP contribution >= 0.6 is 0 Å². The number of carbonyl (C=O) groups excluding carboxylic acids is 2. The second kappa shape index (κ2) is 15.2. The van der Waals surface area contributed by atoms with E-state index >= 15 is 0 Å². The molecule has 6 aromatic rings. The number of hydrogen-bond donors (Lipinski definition) is 4. The second-order valence-electron chi connectivity index (χ2n) is 11.6. The van der Waals surface area contributed by atoms with Crippen LogP contribution in [0.25, 0.3) is 17.3 Å². The van der Waals surface area contributed by atoms with Gasteiger partial charge in [0.2, 0.25) is 0 Å². The van der Waals surface area contributed by atoms with Crippen LogP contribution in [0.3, 0.4) is 0 Å². The lowest BCUT2D eigenvalue weighted by Gasteiger charge is -2.13. The number of aliphatic hydroxyl groups is 1. The van der Waals surface area contributed by atoms with Gasteiger partial charge in [0.25, 0.3) is 11.9 Å². The van der Waals surface area contributed by atoms with Crippen molar-refractivity contribution in [2.24, 2.45) is 20.4 Å². The molecule has 22 heteroatoms. The first-order valence-electron chi connectivity index (χ1n) is 16.5. The number of ether oxygens (including phenoxy) is 2. The number of anilines is 3. The quantitative estimate of drug-likeness (QED) is 0.0603. The van der Waals surface area contributed by atoms with E-state index in [1.54, 1.807) is 50.2 Å². The molecule has 22 nitrogen and oxygen atoms in total. The van der Waals surface area contributed by atoms with Crippen LogP contribution in [0.4, 0.5) is 29.1 Å². The van der Waals surface area contributed by atoms with E-state index in [0.717, 1.165) is 5.01 Å². The zero-order chi connectivity index (χ0) is 39.5.